The number of sulfonamides is 1. The minimum Gasteiger partial charge on any atom is -0.495 e. The van der Waals surface area contributed by atoms with Crippen LogP contribution in [0.3, 0.4) is 0 Å². The van der Waals surface area contributed by atoms with Crippen LogP contribution in [0.5, 0.6) is 11.5 Å². The minimum atomic E-state index is -3.67. The van der Waals surface area contributed by atoms with Gasteiger partial charge < -0.3 is 14.8 Å². The Kier molecular flexibility index (Phi) is 4.28. The Morgan fingerprint density at radius 3 is 2.37 bits per heavy atom. The van der Waals surface area contributed by atoms with Crippen LogP contribution in [0, 0.1) is 0 Å². The van der Waals surface area contributed by atoms with E-state index in [-0.39, 0.29) is 22.4 Å². The molecule has 2 N–H and O–H groups in total. The van der Waals surface area contributed by atoms with Crippen molar-refractivity contribution in [1.29, 1.82) is 0 Å². The second-order valence-corrected chi connectivity index (χ2v) is 5.95. The summed E-state index contributed by atoms with van der Waals surface area (Å²) in [6.45, 7) is 1.45. The predicted molar refractivity (Wildman–Crippen MR) is 71.1 cm³/mol. The van der Waals surface area contributed by atoms with Crippen LogP contribution >= 0.6 is 0 Å². The average molecular weight is 286 g/mol. The van der Waals surface area contributed by atoms with Crippen molar-refractivity contribution in [3.63, 3.8) is 0 Å². The number of hydrogen-bond donors (Lipinski definition) is 2. The quantitative estimate of drug-likeness (QED) is 0.816. The number of nitrogens with one attached hydrogen (secondary N) is 2. The fourth-order valence-electron chi connectivity index (χ4n) is 2.12. The van der Waals surface area contributed by atoms with E-state index in [1.54, 1.807) is 18.2 Å². The van der Waals surface area contributed by atoms with E-state index >= 15 is 0 Å². The molecule has 1 aromatic rings. The van der Waals surface area contributed by atoms with Gasteiger partial charge in [0.15, 0.2) is 4.90 Å². The van der Waals surface area contributed by atoms with Crippen LogP contribution in [0.4, 0.5) is 0 Å². The molecule has 1 aromatic carbocycles. The maximum atomic E-state index is 12.4. The number of hydrogen-bond acceptors (Lipinski definition) is 5. The molecule has 0 amide bonds. The minimum absolute atomic E-state index is 0.0481. The van der Waals surface area contributed by atoms with E-state index in [0.717, 1.165) is 13.0 Å². The predicted octanol–water partition coefficient (Wildman–Crippen LogP) is 0.344. The van der Waals surface area contributed by atoms with E-state index in [4.69, 9.17) is 9.47 Å². The molecule has 1 heterocycles. The lowest BCUT2D eigenvalue weighted by Gasteiger charge is -2.16. The molecule has 2 rings (SSSR count). The molecule has 106 valence electrons. The highest BCUT2D eigenvalue weighted by atomic mass is 32.2. The van der Waals surface area contributed by atoms with Crippen molar-refractivity contribution in [2.45, 2.75) is 17.4 Å². The maximum Gasteiger partial charge on any atom is 0.248 e. The molecule has 19 heavy (non-hydrogen) atoms. The van der Waals surface area contributed by atoms with Crippen molar-refractivity contribution >= 4 is 10.0 Å². The summed E-state index contributed by atoms with van der Waals surface area (Å²) in [6.07, 6.45) is 0.774. The smallest absolute Gasteiger partial charge is 0.248 e. The summed E-state index contributed by atoms with van der Waals surface area (Å²) in [5.74, 6) is 0.551. The van der Waals surface area contributed by atoms with Crippen molar-refractivity contribution in [2.75, 3.05) is 27.3 Å². The fourth-order valence-corrected chi connectivity index (χ4v) is 3.71. The van der Waals surface area contributed by atoms with Crippen LogP contribution in [0.15, 0.2) is 23.1 Å². The van der Waals surface area contributed by atoms with Gasteiger partial charge in [-0.3, -0.25) is 0 Å². The van der Waals surface area contributed by atoms with Gasteiger partial charge >= 0.3 is 0 Å². The molecule has 7 heteroatoms. The molecule has 1 fully saturated rings. The van der Waals surface area contributed by atoms with Crippen molar-refractivity contribution in [3.8, 4) is 11.5 Å². The highest BCUT2D eigenvalue weighted by molar-refractivity contribution is 7.89. The molecule has 0 bridgehead atoms. The molecule has 1 unspecified atom stereocenters. The first-order valence-electron chi connectivity index (χ1n) is 6.02. The Balaban J connectivity index is 2.38. The first-order chi connectivity index (χ1) is 9.08. The zero-order valence-electron chi connectivity index (χ0n) is 11.0. The molecular formula is C12H18N2O4S. The third-order valence-electron chi connectivity index (χ3n) is 3.03. The maximum absolute atomic E-state index is 12.4. The molecule has 0 aromatic heterocycles. The van der Waals surface area contributed by atoms with E-state index in [2.05, 4.69) is 10.0 Å². The first-order valence-corrected chi connectivity index (χ1v) is 7.51. The fraction of sp³-hybridized carbons (Fsp3) is 0.500. The van der Waals surface area contributed by atoms with Crippen molar-refractivity contribution < 1.29 is 17.9 Å². The second-order valence-electron chi connectivity index (χ2n) is 4.30. The molecule has 1 aliphatic rings. The van der Waals surface area contributed by atoms with Gasteiger partial charge in [0.25, 0.3) is 0 Å². The zero-order valence-corrected chi connectivity index (χ0v) is 11.8. The molecular weight excluding hydrogens is 268 g/mol. The van der Waals surface area contributed by atoms with E-state index in [9.17, 15) is 8.42 Å². The molecule has 1 atom stereocenters. The van der Waals surface area contributed by atoms with Crippen LogP contribution in [0.2, 0.25) is 0 Å². The highest BCUT2D eigenvalue weighted by Gasteiger charge is 2.28. The van der Waals surface area contributed by atoms with Gasteiger partial charge in [-0.25, -0.2) is 13.1 Å². The molecule has 1 saturated heterocycles. The van der Waals surface area contributed by atoms with E-state index in [1.165, 1.54) is 14.2 Å². The summed E-state index contributed by atoms with van der Waals surface area (Å²) in [6, 6.07) is 4.79. The van der Waals surface area contributed by atoms with Gasteiger partial charge in [0.1, 0.15) is 11.5 Å². The van der Waals surface area contributed by atoms with Gasteiger partial charge in [-0.2, -0.15) is 0 Å². The zero-order chi connectivity index (χ0) is 13.9. The molecule has 0 saturated carbocycles. The number of benzene rings is 1. The highest BCUT2D eigenvalue weighted by Crippen LogP contribution is 2.32. The average Bonchev–Trinajstić information content (AvgIpc) is 2.89. The lowest BCUT2D eigenvalue weighted by Crippen LogP contribution is -2.36. The van der Waals surface area contributed by atoms with Crippen LogP contribution in [-0.4, -0.2) is 41.8 Å². The SMILES string of the molecule is COc1cccc(OC)c1S(=O)(=O)NC1CCNC1. The summed E-state index contributed by atoms with van der Waals surface area (Å²) in [4.78, 5) is 0.0481. The molecule has 1 aliphatic heterocycles. The third-order valence-corrected chi connectivity index (χ3v) is 4.62. The Labute approximate surface area is 113 Å². The van der Waals surface area contributed by atoms with Gasteiger partial charge in [0.2, 0.25) is 10.0 Å². The van der Waals surface area contributed by atoms with Gasteiger partial charge in [0.05, 0.1) is 14.2 Å². The van der Waals surface area contributed by atoms with E-state index in [0.29, 0.717) is 6.54 Å². The molecule has 0 aliphatic carbocycles. The molecule has 6 nitrogen and oxygen atoms in total. The summed E-state index contributed by atoms with van der Waals surface area (Å²) >= 11 is 0. The van der Waals surface area contributed by atoms with Crippen LogP contribution in [0.25, 0.3) is 0 Å². The van der Waals surface area contributed by atoms with Crippen LogP contribution in [0.1, 0.15) is 6.42 Å². The third kappa shape index (κ3) is 2.99. The lowest BCUT2D eigenvalue weighted by molar-refractivity contribution is 0.372. The van der Waals surface area contributed by atoms with Gasteiger partial charge in [-0.15, -0.1) is 0 Å². The number of ether oxygens (including phenoxy) is 2. The standard InChI is InChI=1S/C12H18N2O4S/c1-17-10-4-3-5-11(18-2)12(10)19(15,16)14-9-6-7-13-8-9/h3-5,9,13-14H,6-8H2,1-2H3. The van der Waals surface area contributed by atoms with Gasteiger partial charge in [-0.1, -0.05) is 6.07 Å². The monoisotopic (exact) mass is 286 g/mol. The number of rotatable bonds is 5. The Morgan fingerprint density at radius 1 is 1.26 bits per heavy atom. The largest absolute Gasteiger partial charge is 0.495 e. The van der Waals surface area contributed by atoms with Gasteiger partial charge in [-0.05, 0) is 25.1 Å². The lowest BCUT2D eigenvalue weighted by atomic mass is 10.3. The Hall–Kier alpha value is -1.31. The van der Waals surface area contributed by atoms with Gasteiger partial charge in [0, 0.05) is 12.6 Å². The van der Waals surface area contributed by atoms with E-state index < -0.39 is 10.0 Å². The molecule has 0 spiro atoms. The van der Waals surface area contributed by atoms with Crippen LogP contribution < -0.4 is 19.5 Å². The van der Waals surface area contributed by atoms with E-state index in [1.807, 2.05) is 0 Å². The van der Waals surface area contributed by atoms with Crippen LogP contribution in [-0.2, 0) is 10.0 Å². The van der Waals surface area contributed by atoms with Crippen molar-refractivity contribution in [3.05, 3.63) is 18.2 Å². The summed E-state index contributed by atoms with van der Waals surface area (Å²) < 4.78 is 37.8. The van der Waals surface area contributed by atoms with Crippen molar-refractivity contribution in [1.82, 2.24) is 10.0 Å². The summed E-state index contributed by atoms with van der Waals surface area (Å²) in [7, 11) is -0.798. The second kappa shape index (κ2) is 5.77. The normalized spacial score (nSPS) is 19.4. The Morgan fingerprint density at radius 2 is 1.89 bits per heavy atom. The topological polar surface area (TPSA) is 76.7 Å². The number of methoxy groups -OCH3 is 2. The Bertz CT molecular complexity index is 516. The molecule has 0 radical (unpaired) electrons. The summed E-state index contributed by atoms with van der Waals surface area (Å²) in [5.41, 5.74) is 0. The first kappa shape index (κ1) is 14.1. The summed E-state index contributed by atoms with van der Waals surface area (Å²) in [5, 5.41) is 3.11. The van der Waals surface area contributed by atoms with Crippen molar-refractivity contribution in [2.24, 2.45) is 0 Å².